The number of ether oxygens (including phenoxy) is 1. The third-order valence-corrected chi connectivity index (χ3v) is 5.30. The predicted octanol–water partition coefficient (Wildman–Crippen LogP) is 2.75. The molecule has 0 spiro atoms. The van der Waals surface area contributed by atoms with Crippen LogP contribution in [0.25, 0.3) is 11.4 Å². The quantitative estimate of drug-likeness (QED) is 0.688. The summed E-state index contributed by atoms with van der Waals surface area (Å²) in [6.45, 7) is 8.71. The third-order valence-electron chi connectivity index (χ3n) is 5.30. The number of amides is 2. The number of carbonyl (C=O) groups is 1. The molecule has 9 heteroatoms. The lowest BCUT2D eigenvalue weighted by Gasteiger charge is -2.33. The number of nitrogens with one attached hydrogen (secondary N) is 3. The van der Waals surface area contributed by atoms with E-state index in [1.165, 1.54) is 5.56 Å². The van der Waals surface area contributed by atoms with E-state index in [-0.39, 0.29) is 24.5 Å². The van der Waals surface area contributed by atoms with Crippen molar-refractivity contribution < 1.29 is 9.53 Å². The van der Waals surface area contributed by atoms with E-state index in [4.69, 9.17) is 14.7 Å². The number of nitrogens with zero attached hydrogens (tertiary/aromatic N) is 3. The summed E-state index contributed by atoms with van der Waals surface area (Å²) in [7, 11) is 0. The molecule has 1 atom stereocenters. The average molecular weight is 433 g/mol. The molecule has 8 nitrogen and oxygen atoms in total. The first-order chi connectivity index (χ1) is 14.2. The molecule has 30 heavy (non-hydrogen) atoms. The van der Waals surface area contributed by atoms with E-state index in [9.17, 15) is 4.79 Å². The zero-order valence-electron chi connectivity index (χ0n) is 17.4. The number of hydrogen-bond acceptors (Lipinski definition) is 6. The number of aromatic nitrogens is 2. The van der Waals surface area contributed by atoms with Crippen molar-refractivity contribution in [2.45, 2.75) is 26.3 Å². The topological polar surface area (TPSA) is 91.4 Å². The molecule has 1 saturated heterocycles. The highest BCUT2D eigenvalue weighted by Gasteiger charge is 2.26. The smallest absolute Gasteiger partial charge is 0.319 e. The average Bonchev–Trinajstić information content (AvgIpc) is 2.75. The summed E-state index contributed by atoms with van der Waals surface area (Å²) >= 11 is 0. The first kappa shape index (κ1) is 22.3. The van der Waals surface area contributed by atoms with Crippen LogP contribution >= 0.6 is 12.4 Å². The van der Waals surface area contributed by atoms with Crippen LogP contribution in [0.4, 0.5) is 16.3 Å². The van der Waals surface area contributed by atoms with E-state index >= 15 is 0 Å². The molecule has 0 radical (unpaired) electrons. The van der Waals surface area contributed by atoms with Crippen molar-refractivity contribution in [2.75, 3.05) is 49.6 Å². The van der Waals surface area contributed by atoms with E-state index in [1.54, 1.807) is 0 Å². The Morgan fingerprint density at radius 1 is 1.23 bits per heavy atom. The normalized spacial score (nSPS) is 18.2. The number of anilines is 2. The largest absolute Gasteiger partial charge is 0.378 e. The van der Waals surface area contributed by atoms with E-state index in [0.717, 1.165) is 62.0 Å². The Bertz CT molecular complexity index is 871. The van der Waals surface area contributed by atoms with Gasteiger partial charge in [-0.25, -0.2) is 14.8 Å². The van der Waals surface area contributed by atoms with Gasteiger partial charge in [0.05, 0.1) is 18.9 Å². The monoisotopic (exact) mass is 432 g/mol. The zero-order valence-corrected chi connectivity index (χ0v) is 18.2. The molecule has 3 N–H and O–H groups in total. The van der Waals surface area contributed by atoms with Gasteiger partial charge in [0.15, 0.2) is 5.82 Å². The van der Waals surface area contributed by atoms with Gasteiger partial charge in [0, 0.05) is 42.5 Å². The number of carbonyl (C=O) groups excluding carboxylic acids is 1. The summed E-state index contributed by atoms with van der Waals surface area (Å²) in [6, 6.07) is 7.65. The van der Waals surface area contributed by atoms with E-state index in [1.807, 2.05) is 31.2 Å². The van der Waals surface area contributed by atoms with Crippen molar-refractivity contribution in [3.63, 3.8) is 0 Å². The van der Waals surface area contributed by atoms with Gasteiger partial charge in [-0.2, -0.15) is 0 Å². The number of fused-ring (bicyclic) bond motifs is 1. The predicted molar refractivity (Wildman–Crippen MR) is 121 cm³/mol. The second-order valence-corrected chi connectivity index (χ2v) is 7.32. The highest BCUT2D eigenvalue weighted by atomic mass is 35.5. The summed E-state index contributed by atoms with van der Waals surface area (Å²) in [4.78, 5) is 23.9. The third kappa shape index (κ3) is 4.83. The second-order valence-electron chi connectivity index (χ2n) is 7.32. The lowest BCUT2D eigenvalue weighted by Crippen LogP contribution is -2.39. The molecule has 3 heterocycles. The Kier molecular flexibility index (Phi) is 7.47. The van der Waals surface area contributed by atoms with Gasteiger partial charge in [0.2, 0.25) is 0 Å². The van der Waals surface area contributed by atoms with Crippen LogP contribution in [0.5, 0.6) is 0 Å². The minimum atomic E-state index is -0.209. The molecule has 0 aliphatic carbocycles. The van der Waals surface area contributed by atoms with Crippen LogP contribution in [0.15, 0.2) is 24.3 Å². The Balaban J connectivity index is 0.00000256. The van der Waals surface area contributed by atoms with Crippen molar-refractivity contribution in [2.24, 2.45) is 0 Å². The zero-order chi connectivity index (χ0) is 20.2. The van der Waals surface area contributed by atoms with Gasteiger partial charge in [-0.05, 0) is 51.1 Å². The first-order valence-corrected chi connectivity index (χ1v) is 10.3. The maximum absolute atomic E-state index is 11.7. The van der Waals surface area contributed by atoms with Crippen molar-refractivity contribution in [1.29, 1.82) is 0 Å². The SMILES string of the molecule is CCNC(=O)Nc1ccc(-c2nc3c(c(N4CCOCC4)n2)CCNC3C)cc1.Cl. The van der Waals surface area contributed by atoms with Gasteiger partial charge in [-0.3, -0.25) is 0 Å². The number of benzene rings is 1. The summed E-state index contributed by atoms with van der Waals surface area (Å²) in [5.41, 5.74) is 3.99. The molecule has 1 aromatic carbocycles. The van der Waals surface area contributed by atoms with Crippen molar-refractivity contribution in [3.8, 4) is 11.4 Å². The van der Waals surface area contributed by atoms with Gasteiger partial charge in [0.25, 0.3) is 0 Å². The minimum Gasteiger partial charge on any atom is -0.378 e. The Morgan fingerprint density at radius 2 is 1.97 bits per heavy atom. The van der Waals surface area contributed by atoms with E-state index < -0.39 is 0 Å². The molecule has 1 unspecified atom stereocenters. The molecule has 1 fully saturated rings. The van der Waals surface area contributed by atoms with Gasteiger partial charge in [0.1, 0.15) is 5.82 Å². The lowest BCUT2D eigenvalue weighted by molar-refractivity contribution is 0.122. The summed E-state index contributed by atoms with van der Waals surface area (Å²) in [5, 5.41) is 9.05. The van der Waals surface area contributed by atoms with Crippen molar-refractivity contribution >= 4 is 29.9 Å². The van der Waals surface area contributed by atoms with Crippen LogP contribution in [-0.4, -0.2) is 55.4 Å². The lowest BCUT2D eigenvalue weighted by atomic mass is 10.00. The van der Waals surface area contributed by atoms with Crippen LogP contribution < -0.4 is 20.9 Å². The summed E-state index contributed by atoms with van der Waals surface area (Å²) in [6.07, 6.45) is 0.933. The van der Waals surface area contributed by atoms with E-state index in [2.05, 4.69) is 27.8 Å². The van der Waals surface area contributed by atoms with Crippen LogP contribution in [0.1, 0.15) is 31.1 Å². The van der Waals surface area contributed by atoms with Gasteiger partial charge < -0.3 is 25.6 Å². The van der Waals surface area contributed by atoms with Crippen molar-refractivity contribution in [1.82, 2.24) is 20.6 Å². The molecular weight excluding hydrogens is 404 g/mol. The number of halogens is 1. The fourth-order valence-corrected chi connectivity index (χ4v) is 3.80. The number of hydrogen-bond donors (Lipinski definition) is 3. The molecule has 162 valence electrons. The minimum absolute atomic E-state index is 0. The van der Waals surface area contributed by atoms with Gasteiger partial charge >= 0.3 is 6.03 Å². The van der Waals surface area contributed by atoms with E-state index in [0.29, 0.717) is 12.4 Å². The molecule has 2 aliphatic rings. The molecule has 2 aromatic rings. The molecule has 4 rings (SSSR count). The molecule has 2 aliphatic heterocycles. The maximum Gasteiger partial charge on any atom is 0.319 e. The van der Waals surface area contributed by atoms with Crippen LogP contribution in [0.3, 0.4) is 0 Å². The standard InChI is InChI=1S/C21H28N6O2.ClH/c1-3-22-21(28)24-16-6-4-15(5-7-16)19-25-18-14(2)23-9-8-17(18)20(26-19)27-10-12-29-13-11-27;/h4-7,14,23H,3,8-13H2,1-2H3,(H2,22,24,28);1H. The Labute approximate surface area is 183 Å². The van der Waals surface area contributed by atoms with Gasteiger partial charge in [-0.15, -0.1) is 12.4 Å². The molecule has 2 amide bonds. The summed E-state index contributed by atoms with van der Waals surface area (Å²) < 4.78 is 5.53. The Hall–Kier alpha value is -2.42. The number of morpholine rings is 1. The van der Waals surface area contributed by atoms with Crippen LogP contribution in [-0.2, 0) is 11.2 Å². The van der Waals surface area contributed by atoms with Crippen LogP contribution in [0.2, 0.25) is 0 Å². The number of urea groups is 1. The van der Waals surface area contributed by atoms with Crippen molar-refractivity contribution in [3.05, 3.63) is 35.5 Å². The van der Waals surface area contributed by atoms with Crippen LogP contribution in [0, 0.1) is 0 Å². The van der Waals surface area contributed by atoms with Gasteiger partial charge in [-0.1, -0.05) is 0 Å². The fourth-order valence-electron chi connectivity index (χ4n) is 3.80. The highest BCUT2D eigenvalue weighted by Crippen LogP contribution is 2.32. The number of rotatable bonds is 4. The molecule has 1 aromatic heterocycles. The summed E-state index contributed by atoms with van der Waals surface area (Å²) in [5.74, 6) is 1.75. The highest BCUT2D eigenvalue weighted by molar-refractivity contribution is 5.89. The second kappa shape index (κ2) is 10.1. The molecular formula is C21H29ClN6O2. The molecule has 0 bridgehead atoms. The first-order valence-electron chi connectivity index (χ1n) is 10.3. The fraction of sp³-hybridized carbons (Fsp3) is 0.476. The Morgan fingerprint density at radius 3 is 2.67 bits per heavy atom. The maximum atomic E-state index is 11.7. The molecule has 0 saturated carbocycles.